The third-order valence-corrected chi connectivity index (χ3v) is 3.97. The molecule has 1 rings (SSSR count). The van der Waals surface area contributed by atoms with E-state index in [4.69, 9.17) is 14.7 Å². The number of amides is 1. The molecule has 1 aromatic rings. The Morgan fingerprint density at radius 2 is 1.92 bits per heavy atom. The van der Waals surface area contributed by atoms with Gasteiger partial charge in [0.25, 0.3) is 5.91 Å². The number of hydrogen-bond acceptors (Lipinski definition) is 5. The Balaban J connectivity index is 2.23. The molecule has 1 N–H and O–H groups in total. The summed E-state index contributed by atoms with van der Waals surface area (Å²) < 4.78 is 10.4. The van der Waals surface area contributed by atoms with Gasteiger partial charge in [-0.05, 0) is 38.3 Å². The first-order valence-corrected chi connectivity index (χ1v) is 8.34. The molecule has 0 radical (unpaired) electrons. The van der Waals surface area contributed by atoms with Gasteiger partial charge >= 0.3 is 5.97 Å². The van der Waals surface area contributed by atoms with Gasteiger partial charge in [-0.1, -0.05) is 31.5 Å². The number of benzene rings is 1. The summed E-state index contributed by atoms with van der Waals surface area (Å²) in [4.78, 5) is 23.5. The molecule has 0 aromatic heterocycles. The van der Waals surface area contributed by atoms with Gasteiger partial charge in [0.05, 0.1) is 12.7 Å². The van der Waals surface area contributed by atoms with Gasteiger partial charge in [-0.2, -0.15) is 5.26 Å². The van der Waals surface area contributed by atoms with Crippen molar-refractivity contribution in [2.75, 3.05) is 13.2 Å². The van der Waals surface area contributed by atoms with Crippen molar-refractivity contribution < 1.29 is 19.1 Å². The summed E-state index contributed by atoms with van der Waals surface area (Å²) in [5.41, 5.74) is 0.171. The Morgan fingerprint density at radius 3 is 2.48 bits per heavy atom. The molecule has 0 saturated carbocycles. The fourth-order valence-electron chi connectivity index (χ4n) is 1.89. The molecule has 0 fully saturated rings. The van der Waals surface area contributed by atoms with Gasteiger partial charge in [0.1, 0.15) is 11.3 Å². The van der Waals surface area contributed by atoms with Crippen LogP contribution in [0.5, 0.6) is 5.75 Å². The predicted octanol–water partition coefficient (Wildman–Crippen LogP) is 2.75. The average molecular weight is 346 g/mol. The predicted molar refractivity (Wildman–Crippen MR) is 93.9 cm³/mol. The highest BCUT2D eigenvalue weighted by molar-refractivity contribution is 5.81. The molecule has 0 bridgehead atoms. The number of carbonyl (C=O) groups is 2. The number of carbonyl (C=O) groups excluding carboxylic acids is 2. The summed E-state index contributed by atoms with van der Waals surface area (Å²) in [6.45, 7) is 7.31. The Labute approximate surface area is 149 Å². The maximum atomic E-state index is 11.8. The summed E-state index contributed by atoms with van der Waals surface area (Å²) in [5, 5.41) is 11.7. The Kier molecular flexibility index (Phi) is 7.93. The van der Waals surface area contributed by atoms with Crippen LogP contribution in [0, 0.1) is 24.2 Å². The topological polar surface area (TPSA) is 88.4 Å². The zero-order chi connectivity index (χ0) is 18.9. The third kappa shape index (κ3) is 7.25. The van der Waals surface area contributed by atoms with E-state index in [9.17, 15) is 9.59 Å². The molecule has 0 spiro atoms. The SMILES string of the molecule is Cc1ccc(OCCCC(=O)OCC(=O)N[C@](C)(C#N)C(C)C)cc1. The smallest absolute Gasteiger partial charge is 0.306 e. The lowest BCUT2D eigenvalue weighted by atomic mass is 9.90. The first-order chi connectivity index (χ1) is 11.8. The van der Waals surface area contributed by atoms with Crippen molar-refractivity contribution in [1.29, 1.82) is 5.26 Å². The van der Waals surface area contributed by atoms with E-state index in [1.54, 1.807) is 6.92 Å². The van der Waals surface area contributed by atoms with E-state index < -0.39 is 17.4 Å². The van der Waals surface area contributed by atoms with Crippen molar-refractivity contribution in [3.05, 3.63) is 29.8 Å². The summed E-state index contributed by atoms with van der Waals surface area (Å²) in [6, 6.07) is 9.72. The summed E-state index contributed by atoms with van der Waals surface area (Å²) >= 11 is 0. The fourth-order valence-corrected chi connectivity index (χ4v) is 1.89. The zero-order valence-electron chi connectivity index (χ0n) is 15.3. The maximum Gasteiger partial charge on any atom is 0.306 e. The monoisotopic (exact) mass is 346 g/mol. The number of rotatable bonds is 9. The molecular weight excluding hydrogens is 320 g/mol. The lowest BCUT2D eigenvalue weighted by molar-refractivity contribution is -0.149. The van der Waals surface area contributed by atoms with Gasteiger partial charge in [-0.25, -0.2) is 0 Å². The highest BCUT2D eigenvalue weighted by Crippen LogP contribution is 2.15. The Morgan fingerprint density at radius 1 is 1.28 bits per heavy atom. The van der Waals surface area contributed by atoms with Crippen molar-refractivity contribution in [3.63, 3.8) is 0 Å². The van der Waals surface area contributed by atoms with Gasteiger partial charge in [-0.3, -0.25) is 9.59 Å². The Hall–Kier alpha value is -2.55. The number of esters is 1. The lowest BCUT2D eigenvalue weighted by Crippen LogP contribution is -2.50. The molecule has 0 heterocycles. The normalized spacial score (nSPS) is 12.8. The fraction of sp³-hybridized carbons (Fsp3) is 0.526. The molecule has 0 aliphatic carbocycles. The molecule has 1 aromatic carbocycles. The van der Waals surface area contributed by atoms with E-state index in [1.165, 1.54) is 0 Å². The van der Waals surface area contributed by atoms with Gasteiger partial charge in [0, 0.05) is 6.42 Å². The van der Waals surface area contributed by atoms with Gasteiger partial charge in [0.15, 0.2) is 6.61 Å². The second-order valence-electron chi connectivity index (χ2n) is 6.44. The standard InChI is InChI=1S/C19H26N2O4/c1-14(2)19(4,13-20)21-17(22)12-25-18(23)6-5-11-24-16-9-7-15(3)8-10-16/h7-10,14H,5-6,11-12H2,1-4H3,(H,21,22)/t19-/m1/s1. The molecule has 0 saturated heterocycles. The minimum Gasteiger partial charge on any atom is -0.494 e. The second-order valence-corrected chi connectivity index (χ2v) is 6.44. The van der Waals surface area contributed by atoms with Crippen LogP contribution in [0.3, 0.4) is 0 Å². The van der Waals surface area contributed by atoms with Gasteiger partial charge in [-0.15, -0.1) is 0 Å². The number of nitrogens with zero attached hydrogens (tertiary/aromatic N) is 1. The molecule has 6 heteroatoms. The number of nitriles is 1. The largest absolute Gasteiger partial charge is 0.494 e. The van der Waals surface area contributed by atoms with Crippen LogP contribution in [0.4, 0.5) is 0 Å². The molecule has 0 aliphatic rings. The Bertz CT molecular complexity index is 619. The van der Waals surface area contributed by atoms with E-state index in [0.29, 0.717) is 13.0 Å². The molecule has 0 unspecified atom stereocenters. The van der Waals surface area contributed by atoms with Crippen LogP contribution >= 0.6 is 0 Å². The molecule has 0 aliphatic heterocycles. The maximum absolute atomic E-state index is 11.8. The minimum absolute atomic E-state index is 0.0592. The number of nitrogens with one attached hydrogen (secondary N) is 1. The van der Waals surface area contributed by atoms with E-state index in [-0.39, 0.29) is 18.9 Å². The van der Waals surface area contributed by atoms with Crippen LogP contribution in [-0.2, 0) is 14.3 Å². The second kappa shape index (κ2) is 9.67. The van der Waals surface area contributed by atoms with Crippen molar-refractivity contribution in [1.82, 2.24) is 5.32 Å². The lowest BCUT2D eigenvalue weighted by Gasteiger charge is -2.27. The van der Waals surface area contributed by atoms with Crippen LogP contribution < -0.4 is 10.1 Å². The van der Waals surface area contributed by atoms with Crippen LogP contribution in [-0.4, -0.2) is 30.6 Å². The van der Waals surface area contributed by atoms with Crippen LogP contribution in [0.1, 0.15) is 39.2 Å². The first kappa shape index (κ1) is 20.5. The molecular formula is C19H26N2O4. The summed E-state index contributed by atoms with van der Waals surface area (Å²) in [5.74, 6) is -0.258. The van der Waals surface area contributed by atoms with Crippen molar-refractivity contribution in [3.8, 4) is 11.8 Å². The van der Waals surface area contributed by atoms with Crippen molar-refractivity contribution >= 4 is 11.9 Å². The number of aryl methyl sites for hydroxylation is 1. The van der Waals surface area contributed by atoms with E-state index in [1.807, 2.05) is 45.0 Å². The van der Waals surface area contributed by atoms with E-state index >= 15 is 0 Å². The highest BCUT2D eigenvalue weighted by atomic mass is 16.5. The number of ether oxygens (including phenoxy) is 2. The quantitative estimate of drug-likeness (QED) is 0.549. The van der Waals surface area contributed by atoms with Crippen LogP contribution in [0.15, 0.2) is 24.3 Å². The van der Waals surface area contributed by atoms with Gasteiger partial charge < -0.3 is 14.8 Å². The summed E-state index contributed by atoms with van der Waals surface area (Å²) in [7, 11) is 0. The minimum atomic E-state index is -0.981. The molecule has 25 heavy (non-hydrogen) atoms. The first-order valence-electron chi connectivity index (χ1n) is 8.34. The zero-order valence-corrected chi connectivity index (χ0v) is 15.3. The van der Waals surface area contributed by atoms with E-state index in [2.05, 4.69) is 11.4 Å². The van der Waals surface area contributed by atoms with Crippen LogP contribution in [0.25, 0.3) is 0 Å². The average Bonchev–Trinajstić information content (AvgIpc) is 2.58. The molecule has 6 nitrogen and oxygen atoms in total. The molecule has 136 valence electrons. The highest BCUT2D eigenvalue weighted by Gasteiger charge is 2.30. The molecule has 1 atom stereocenters. The summed E-state index contributed by atoms with van der Waals surface area (Å²) in [6.07, 6.45) is 0.662. The van der Waals surface area contributed by atoms with Gasteiger partial charge in [0.2, 0.25) is 0 Å². The molecule has 1 amide bonds. The van der Waals surface area contributed by atoms with Crippen LogP contribution in [0.2, 0.25) is 0 Å². The van der Waals surface area contributed by atoms with Crippen molar-refractivity contribution in [2.24, 2.45) is 5.92 Å². The number of hydrogen-bond donors (Lipinski definition) is 1. The third-order valence-electron chi connectivity index (χ3n) is 3.97. The van der Waals surface area contributed by atoms with E-state index in [0.717, 1.165) is 11.3 Å². The van der Waals surface area contributed by atoms with Crippen molar-refractivity contribution in [2.45, 2.75) is 46.1 Å².